The monoisotopic (exact) mass is 190 g/mol. The third-order valence-corrected chi connectivity index (χ3v) is 1.45. The quantitative estimate of drug-likeness (QED) is 0.495. The maximum Gasteiger partial charge on any atom is 0.238 e. The molecule has 4 nitrogen and oxygen atoms in total. The van der Waals surface area contributed by atoms with E-state index in [2.05, 4.69) is 10.9 Å². The minimum Gasteiger partial charge on any atom is -0.273 e. The Hall–Kier alpha value is -1.13. The molecule has 0 bridgehead atoms. The van der Waals surface area contributed by atoms with Crippen LogP contribution in [0.2, 0.25) is 0 Å². The molecule has 0 unspecified atom stereocenters. The van der Waals surface area contributed by atoms with Gasteiger partial charge in [-0.3, -0.25) is 24.8 Å². The molecule has 0 atom stereocenters. The van der Waals surface area contributed by atoms with Gasteiger partial charge in [-0.15, -0.1) is 0 Å². The summed E-state index contributed by atoms with van der Waals surface area (Å²) in [5.41, 5.74) is 4.46. The van der Waals surface area contributed by atoms with Gasteiger partial charge in [0, 0.05) is 12.8 Å². The lowest BCUT2D eigenvalue weighted by atomic mass is 10.2. The van der Waals surface area contributed by atoms with Crippen molar-refractivity contribution in [3.63, 3.8) is 0 Å². The number of carbonyl (C=O) groups is 2. The van der Waals surface area contributed by atoms with Gasteiger partial charge in [0.25, 0.3) is 0 Å². The van der Waals surface area contributed by atoms with E-state index in [0.717, 1.165) is 0 Å². The highest BCUT2D eigenvalue weighted by molar-refractivity contribution is 5.81. The fourth-order valence-electron chi connectivity index (χ4n) is 0.670. The lowest BCUT2D eigenvalue weighted by molar-refractivity contribution is -0.128. The van der Waals surface area contributed by atoms with Gasteiger partial charge in [0.15, 0.2) is 0 Å². The molecule has 13 heavy (non-hydrogen) atoms. The Bertz CT molecular complexity index is 174. The van der Waals surface area contributed by atoms with Crippen LogP contribution >= 0.6 is 0 Å². The number of hydrazine groups is 1. The molecule has 0 aromatic rings. The predicted octanol–water partition coefficient (Wildman–Crippen LogP) is 0.684. The highest BCUT2D eigenvalue weighted by atomic mass is 19.1. The summed E-state index contributed by atoms with van der Waals surface area (Å²) in [6, 6.07) is 0. The van der Waals surface area contributed by atoms with E-state index in [1.807, 2.05) is 0 Å². The molecule has 2 N–H and O–H groups in total. The molecule has 0 aromatic heterocycles. The van der Waals surface area contributed by atoms with Gasteiger partial charge in [-0.05, 0) is 12.8 Å². The van der Waals surface area contributed by atoms with Crippen LogP contribution < -0.4 is 10.9 Å². The molecule has 0 aliphatic heterocycles. The number of amides is 2. The van der Waals surface area contributed by atoms with Gasteiger partial charge >= 0.3 is 0 Å². The summed E-state index contributed by atoms with van der Waals surface area (Å²) in [5, 5.41) is 0. The Morgan fingerprint density at radius 1 is 1.15 bits per heavy atom. The summed E-state index contributed by atoms with van der Waals surface area (Å²) in [6.45, 7) is 1.28. The minimum absolute atomic E-state index is 0.237. The zero-order valence-corrected chi connectivity index (χ0v) is 7.73. The summed E-state index contributed by atoms with van der Waals surface area (Å²) >= 11 is 0. The molecule has 0 saturated carbocycles. The van der Waals surface area contributed by atoms with Gasteiger partial charge in [0.2, 0.25) is 11.8 Å². The second kappa shape index (κ2) is 7.52. The molecule has 0 aliphatic rings. The van der Waals surface area contributed by atoms with Crippen LogP contribution in [0, 0.1) is 0 Å². The summed E-state index contributed by atoms with van der Waals surface area (Å²) < 4.78 is 11.6. The minimum atomic E-state index is -0.408. The molecule has 0 fully saturated rings. The maximum absolute atomic E-state index is 11.6. The van der Waals surface area contributed by atoms with Crippen LogP contribution in [0.1, 0.15) is 32.6 Å². The highest BCUT2D eigenvalue weighted by Gasteiger charge is 2.01. The lowest BCUT2D eigenvalue weighted by Gasteiger charge is -2.04. The van der Waals surface area contributed by atoms with Gasteiger partial charge < -0.3 is 0 Å². The summed E-state index contributed by atoms with van der Waals surface area (Å²) in [5.74, 6) is -0.519. The first-order valence-electron chi connectivity index (χ1n) is 4.34. The van der Waals surface area contributed by atoms with E-state index in [0.29, 0.717) is 19.3 Å². The molecule has 0 radical (unpaired) electrons. The van der Waals surface area contributed by atoms with Crippen LogP contribution in [0.25, 0.3) is 0 Å². The maximum atomic E-state index is 11.6. The number of nitrogens with one attached hydrogen (secondary N) is 2. The Kier molecular flexibility index (Phi) is 6.86. The lowest BCUT2D eigenvalue weighted by Crippen LogP contribution is -2.41. The molecule has 0 rings (SSSR count). The third kappa shape index (κ3) is 7.24. The molecular formula is C8H15FN2O2. The van der Waals surface area contributed by atoms with E-state index in [1.54, 1.807) is 6.92 Å². The average molecular weight is 190 g/mol. The number of halogens is 1. The van der Waals surface area contributed by atoms with Crippen molar-refractivity contribution in [2.24, 2.45) is 0 Å². The topological polar surface area (TPSA) is 58.2 Å². The zero-order valence-electron chi connectivity index (χ0n) is 7.73. The Morgan fingerprint density at radius 2 is 1.77 bits per heavy atom. The Balaban J connectivity index is 3.35. The average Bonchev–Trinajstić information content (AvgIpc) is 2.14. The molecule has 0 aromatic carbocycles. The number of rotatable bonds is 5. The van der Waals surface area contributed by atoms with E-state index in [-0.39, 0.29) is 18.2 Å². The Morgan fingerprint density at radius 3 is 2.31 bits per heavy atom. The number of unbranched alkanes of at least 4 members (excludes halogenated alkanes) is 1. The summed E-state index contributed by atoms with van der Waals surface area (Å²) in [6.07, 6.45) is 1.46. The SMILES string of the molecule is CCC(=O)NNC(=O)CCCCF. The van der Waals surface area contributed by atoms with Crippen LogP contribution in [0.4, 0.5) is 4.39 Å². The zero-order chi connectivity index (χ0) is 10.1. The first kappa shape index (κ1) is 11.9. The van der Waals surface area contributed by atoms with Gasteiger partial charge in [0.05, 0.1) is 6.67 Å². The highest BCUT2D eigenvalue weighted by Crippen LogP contribution is 1.94. The second-order valence-corrected chi connectivity index (χ2v) is 2.60. The van der Waals surface area contributed by atoms with Crippen molar-refractivity contribution in [3.05, 3.63) is 0 Å². The number of hydrogen-bond acceptors (Lipinski definition) is 2. The molecule has 0 heterocycles. The molecule has 5 heteroatoms. The summed E-state index contributed by atoms with van der Waals surface area (Å²) in [7, 11) is 0. The molecule has 2 amide bonds. The number of hydrogen-bond donors (Lipinski definition) is 2. The van der Waals surface area contributed by atoms with E-state index >= 15 is 0 Å². The van der Waals surface area contributed by atoms with Crippen molar-refractivity contribution >= 4 is 11.8 Å². The van der Waals surface area contributed by atoms with E-state index in [1.165, 1.54) is 0 Å². The van der Waals surface area contributed by atoms with Crippen molar-refractivity contribution in [1.82, 2.24) is 10.9 Å². The standard InChI is InChI=1S/C8H15FN2O2/c1-2-7(12)10-11-8(13)5-3-4-6-9/h2-6H2,1H3,(H,10,12)(H,11,13). The fourth-order valence-corrected chi connectivity index (χ4v) is 0.670. The summed E-state index contributed by atoms with van der Waals surface area (Å²) in [4.78, 5) is 21.6. The van der Waals surface area contributed by atoms with Crippen LogP contribution in [-0.4, -0.2) is 18.5 Å². The van der Waals surface area contributed by atoms with Gasteiger partial charge in [-0.2, -0.15) is 0 Å². The second-order valence-electron chi connectivity index (χ2n) is 2.60. The van der Waals surface area contributed by atoms with E-state index in [4.69, 9.17) is 0 Å². The van der Waals surface area contributed by atoms with Gasteiger partial charge in [-0.25, -0.2) is 0 Å². The normalized spacial score (nSPS) is 9.38. The van der Waals surface area contributed by atoms with Gasteiger partial charge in [0.1, 0.15) is 0 Å². The Labute approximate surface area is 76.9 Å². The van der Waals surface area contributed by atoms with Crippen LogP contribution in [0.15, 0.2) is 0 Å². The van der Waals surface area contributed by atoms with Crippen molar-refractivity contribution in [2.75, 3.05) is 6.67 Å². The smallest absolute Gasteiger partial charge is 0.238 e. The molecule has 0 spiro atoms. The number of carbonyl (C=O) groups excluding carboxylic acids is 2. The first-order valence-corrected chi connectivity index (χ1v) is 4.34. The molecule has 76 valence electrons. The van der Waals surface area contributed by atoms with Crippen LogP contribution in [0.5, 0.6) is 0 Å². The van der Waals surface area contributed by atoms with Crippen LogP contribution in [-0.2, 0) is 9.59 Å². The molecule has 0 saturated heterocycles. The van der Waals surface area contributed by atoms with E-state index < -0.39 is 6.67 Å². The largest absolute Gasteiger partial charge is 0.273 e. The fraction of sp³-hybridized carbons (Fsp3) is 0.750. The van der Waals surface area contributed by atoms with Crippen molar-refractivity contribution in [3.8, 4) is 0 Å². The van der Waals surface area contributed by atoms with Crippen LogP contribution in [0.3, 0.4) is 0 Å². The van der Waals surface area contributed by atoms with Crippen molar-refractivity contribution in [1.29, 1.82) is 0 Å². The molecular weight excluding hydrogens is 175 g/mol. The molecule has 0 aliphatic carbocycles. The number of alkyl halides is 1. The van der Waals surface area contributed by atoms with Crippen molar-refractivity contribution < 1.29 is 14.0 Å². The van der Waals surface area contributed by atoms with E-state index in [9.17, 15) is 14.0 Å². The van der Waals surface area contributed by atoms with Gasteiger partial charge in [-0.1, -0.05) is 6.92 Å². The first-order chi connectivity index (χ1) is 6.20. The predicted molar refractivity (Wildman–Crippen MR) is 46.4 cm³/mol. The van der Waals surface area contributed by atoms with Crippen molar-refractivity contribution in [2.45, 2.75) is 32.6 Å². The third-order valence-electron chi connectivity index (χ3n) is 1.45.